The number of thioether (sulfide) groups is 3. The molecule has 7 heterocycles. The van der Waals surface area contributed by atoms with Gasteiger partial charge < -0.3 is 0 Å². The molecule has 7 rings (SSSR count). The highest BCUT2D eigenvalue weighted by atomic mass is 32.2. The molecule has 0 bridgehead atoms. The van der Waals surface area contributed by atoms with Gasteiger partial charge in [-0.2, -0.15) is 39.5 Å². The number of aromatic nitrogens is 7. The minimum absolute atomic E-state index is 0.0530. The molecule has 7 aromatic rings. The molecule has 0 saturated carbocycles. The molecule has 0 aliphatic heterocycles. The fraction of sp³-hybridized carbons (Fsp3) is 0.588. The molecule has 0 radical (unpaired) electrons. The highest BCUT2D eigenvalue weighted by Gasteiger charge is 2.35. The number of pyridine rings is 7. The van der Waals surface area contributed by atoms with Crippen molar-refractivity contribution < 1.29 is 64.8 Å². The average molecular weight is 1750 g/mol. The SMILES string of the molecule is CC.CC.CC.CC.CC.CC.CCS(=O)(=O)c1cc(C(F)(F)F)cnc1C(C)C.CCS(=O)(=O)c1cccnc1C(C)C.CCS(=O)c1cc(C(F)(F)F)cnc1C(C)C.CCS(=O)c1cccnc1C(C)C.CCSc1cc(C(F)(F)F)cnc1C(C)C.CCSc1cccnc1C(C)C.CCSc1cnccc1C(C)C. The predicted molar refractivity (Wildman–Crippen MR) is 470 cm³/mol. The fourth-order valence-electron chi connectivity index (χ4n) is 8.84. The Morgan fingerprint density at radius 1 is 0.342 bits per heavy atom. The molecule has 0 spiro atoms. The van der Waals surface area contributed by atoms with Crippen LogP contribution in [0.4, 0.5) is 39.5 Å². The lowest BCUT2D eigenvalue weighted by molar-refractivity contribution is -0.138. The van der Waals surface area contributed by atoms with Gasteiger partial charge in [0.2, 0.25) is 0 Å². The Bertz CT molecular complexity index is 3900. The van der Waals surface area contributed by atoms with Crippen molar-refractivity contribution in [3.8, 4) is 0 Å². The Morgan fingerprint density at radius 3 is 1.05 bits per heavy atom. The Labute approximate surface area is 700 Å². The van der Waals surface area contributed by atoms with Crippen LogP contribution in [-0.2, 0) is 59.8 Å². The summed E-state index contributed by atoms with van der Waals surface area (Å²) in [5, 5.41) is 0. The summed E-state index contributed by atoms with van der Waals surface area (Å²) >= 11 is 5.13. The highest BCUT2D eigenvalue weighted by molar-refractivity contribution is 7.99. The van der Waals surface area contributed by atoms with Gasteiger partial charge in [-0.15, -0.1) is 35.3 Å². The summed E-state index contributed by atoms with van der Waals surface area (Å²) in [6.45, 7) is 64.5. The van der Waals surface area contributed by atoms with Gasteiger partial charge >= 0.3 is 18.5 Å². The average Bonchev–Trinajstić information content (AvgIpc) is 0.796. The van der Waals surface area contributed by atoms with Crippen LogP contribution in [-0.4, -0.2) is 100 Å². The summed E-state index contributed by atoms with van der Waals surface area (Å²) in [6, 6.07) is 16.1. The zero-order chi connectivity index (χ0) is 90.3. The van der Waals surface area contributed by atoms with Crippen molar-refractivity contribution in [2.45, 2.75) is 323 Å². The zero-order valence-electron chi connectivity index (χ0n) is 74.2. The van der Waals surface area contributed by atoms with E-state index in [0.29, 0.717) is 56.9 Å². The number of sulfone groups is 2. The first-order valence-electron chi connectivity index (χ1n) is 39.5. The molecule has 2 atom stereocenters. The molecule has 0 N–H and O–H groups in total. The van der Waals surface area contributed by atoms with Crippen molar-refractivity contribution in [2.24, 2.45) is 0 Å². The van der Waals surface area contributed by atoms with Crippen molar-refractivity contribution in [1.29, 1.82) is 0 Å². The molecule has 654 valence electrons. The fourth-order valence-corrected chi connectivity index (χ4v) is 16.2. The van der Waals surface area contributed by atoms with Crippen LogP contribution in [0.2, 0.25) is 0 Å². The third kappa shape index (κ3) is 45.0. The second-order valence-electron chi connectivity index (χ2n) is 24.3. The molecule has 0 aliphatic carbocycles. The maximum atomic E-state index is 12.6. The number of alkyl halides is 9. The van der Waals surface area contributed by atoms with Crippen molar-refractivity contribution >= 4 is 76.6 Å². The van der Waals surface area contributed by atoms with E-state index in [0.717, 1.165) is 52.0 Å². The summed E-state index contributed by atoms with van der Waals surface area (Å²) < 4.78 is 183. The summed E-state index contributed by atoms with van der Waals surface area (Å²) in [6.07, 6.45) is -1.89. The van der Waals surface area contributed by atoms with E-state index in [-0.39, 0.29) is 56.4 Å². The molecule has 114 heavy (non-hydrogen) atoms. The maximum Gasteiger partial charge on any atom is 0.417 e. The summed E-state index contributed by atoms with van der Waals surface area (Å²) in [5.74, 6) is 5.20. The molecule has 0 aromatic carbocycles. The highest BCUT2D eigenvalue weighted by Crippen LogP contribution is 2.37. The standard InChI is InChI=1S/C11H14F3NO2S.C11H14F3NOS.C11H14F3NS.C10H15NO2S.C10H15NOS.2C10H15NS.6C2H6/c1-4-18(16,17)9-5-8(11(12,13)14)6-15-10(9)7(2)3;1-4-17(16)9-5-8(11(12,13)14)6-15-10(9)7(2)3;1-4-16-9-5-8(11(12,13)14)6-15-10(9)7(2)3;1-4-14(12,13)9-6-5-7-11-10(9)8(2)3;1-4-13(12)9-6-5-7-11-10(9)8(2)3;1-4-12-10-7-11-6-5-9(10)8(2)3;1-4-12-9-6-5-7-11-10(9)8(2)3;6*1-2/h5-7H,4H2,1-3H3;5-7H,4H2,1-3H3;5-7H,4H2,1-3H3;5-8H,4H2,1-3H3;5-8H,4H2,1-3H3;2*5-8H,4H2,1-3H3;6*1-2H3. The third-order valence-corrected chi connectivity index (χ3v) is 23.1. The molecular formula is C85H138F9N7O6S7. The van der Waals surface area contributed by atoms with E-state index in [1.165, 1.54) is 45.8 Å². The van der Waals surface area contributed by atoms with E-state index in [2.05, 4.69) is 102 Å². The monoisotopic (exact) mass is 1750 g/mol. The van der Waals surface area contributed by atoms with Gasteiger partial charge in [-0.05, 0) is 125 Å². The van der Waals surface area contributed by atoms with Crippen molar-refractivity contribution in [1.82, 2.24) is 34.9 Å². The lowest BCUT2D eigenvalue weighted by Crippen LogP contribution is -2.14. The van der Waals surface area contributed by atoms with Gasteiger partial charge in [0.25, 0.3) is 0 Å². The van der Waals surface area contributed by atoms with Crippen LogP contribution in [0.3, 0.4) is 0 Å². The van der Waals surface area contributed by atoms with E-state index in [9.17, 15) is 64.8 Å². The van der Waals surface area contributed by atoms with E-state index in [1.807, 2.05) is 199 Å². The Kier molecular flexibility index (Phi) is 67.8. The Morgan fingerprint density at radius 2 is 0.658 bits per heavy atom. The smallest absolute Gasteiger partial charge is 0.264 e. The molecule has 0 amide bonds. The number of hydrogen-bond donors (Lipinski definition) is 0. The molecule has 0 saturated heterocycles. The molecule has 29 heteroatoms. The van der Waals surface area contributed by atoms with Gasteiger partial charge in [0.15, 0.2) is 19.7 Å². The normalized spacial score (nSPS) is 11.4. The number of rotatable bonds is 21. The lowest BCUT2D eigenvalue weighted by atomic mass is 10.1. The van der Waals surface area contributed by atoms with Gasteiger partial charge in [0.05, 0.1) is 104 Å². The van der Waals surface area contributed by atoms with E-state index < -0.39 is 76.5 Å². The Hall–Kier alpha value is -5.33. The molecule has 0 aliphatic rings. The number of nitrogens with zero attached hydrogens (tertiary/aromatic N) is 7. The largest absolute Gasteiger partial charge is 0.417 e. The molecular weight excluding hydrogens is 1610 g/mol. The molecule has 7 aromatic heterocycles. The van der Waals surface area contributed by atoms with Crippen molar-refractivity contribution in [2.75, 3.05) is 40.3 Å². The summed E-state index contributed by atoms with van der Waals surface area (Å²) in [7, 11) is -9.17. The van der Waals surface area contributed by atoms with Gasteiger partial charge in [0.1, 0.15) is 0 Å². The number of halogens is 9. The minimum Gasteiger partial charge on any atom is -0.264 e. The first-order chi connectivity index (χ1) is 53.4. The van der Waals surface area contributed by atoms with Crippen LogP contribution in [0.25, 0.3) is 0 Å². The Balaban J connectivity index is -0.000000293. The van der Waals surface area contributed by atoms with Crippen LogP contribution in [0.5, 0.6) is 0 Å². The van der Waals surface area contributed by atoms with Gasteiger partial charge in [-0.25, -0.2) is 16.8 Å². The second-order valence-corrected chi connectivity index (χ2v) is 36.2. The van der Waals surface area contributed by atoms with Crippen LogP contribution < -0.4 is 0 Å². The second kappa shape index (κ2) is 64.6. The van der Waals surface area contributed by atoms with E-state index in [4.69, 9.17) is 0 Å². The maximum absolute atomic E-state index is 12.6. The van der Waals surface area contributed by atoms with Crippen LogP contribution in [0.15, 0.2) is 145 Å². The minimum atomic E-state index is -4.60. The van der Waals surface area contributed by atoms with E-state index >= 15 is 0 Å². The van der Waals surface area contributed by atoms with Gasteiger partial charge in [-0.1, -0.05) is 228 Å². The van der Waals surface area contributed by atoms with Crippen LogP contribution >= 0.6 is 35.3 Å². The molecule has 0 fully saturated rings. The molecule has 13 nitrogen and oxygen atoms in total. The quantitative estimate of drug-likeness (QED) is 0.0487. The molecule has 2 unspecified atom stereocenters. The van der Waals surface area contributed by atoms with E-state index in [1.54, 1.807) is 52.2 Å². The lowest BCUT2D eigenvalue weighted by Gasteiger charge is -2.14. The zero-order valence-corrected chi connectivity index (χ0v) is 79.9. The first-order valence-corrected chi connectivity index (χ1v) is 48.4. The van der Waals surface area contributed by atoms with Crippen molar-refractivity contribution in [3.63, 3.8) is 0 Å². The topological polar surface area (TPSA) is 193 Å². The first kappa shape index (κ1) is 120. The van der Waals surface area contributed by atoms with Crippen molar-refractivity contribution in [3.05, 3.63) is 167 Å². The number of hydrogen-bond acceptors (Lipinski definition) is 16. The predicted octanol–water partition coefficient (Wildman–Crippen LogP) is 27.8. The third-order valence-electron chi connectivity index (χ3n) is 14.1. The van der Waals surface area contributed by atoms with Crippen LogP contribution in [0, 0.1) is 0 Å². The summed E-state index contributed by atoms with van der Waals surface area (Å²) in [4.78, 5) is 32.7. The van der Waals surface area contributed by atoms with Gasteiger partial charge in [-0.3, -0.25) is 43.3 Å². The van der Waals surface area contributed by atoms with Crippen LogP contribution in [0.1, 0.15) is 326 Å². The summed E-state index contributed by atoms with van der Waals surface area (Å²) in [5.41, 5.74) is 3.08. The van der Waals surface area contributed by atoms with Gasteiger partial charge in [0, 0.05) is 75.8 Å².